The van der Waals surface area contributed by atoms with E-state index in [-0.39, 0.29) is 30.0 Å². The normalized spacial score (nSPS) is 12.5. The number of hydrogen-bond acceptors (Lipinski definition) is 6. The van der Waals surface area contributed by atoms with Gasteiger partial charge in [-0.1, -0.05) is 0 Å². The Hall–Kier alpha value is -3.43. The van der Waals surface area contributed by atoms with Crippen molar-refractivity contribution in [2.75, 3.05) is 13.2 Å². The summed E-state index contributed by atoms with van der Waals surface area (Å²) >= 11 is 0. The Kier molecular flexibility index (Phi) is 6.57. The predicted octanol–water partition coefficient (Wildman–Crippen LogP) is 3.41. The fourth-order valence-corrected chi connectivity index (χ4v) is 3.02. The molecule has 3 rings (SSSR count). The van der Waals surface area contributed by atoms with Gasteiger partial charge in [-0.2, -0.15) is 10.2 Å². The molecule has 164 valence electrons. The highest BCUT2D eigenvalue weighted by atomic mass is 19.3. The van der Waals surface area contributed by atoms with Crippen LogP contribution in [0.4, 0.5) is 8.78 Å². The van der Waals surface area contributed by atoms with Gasteiger partial charge in [0, 0.05) is 37.0 Å². The number of rotatable bonds is 8. The Morgan fingerprint density at radius 2 is 1.94 bits per heavy atom. The van der Waals surface area contributed by atoms with Gasteiger partial charge in [-0.3, -0.25) is 4.79 Å². The third-order valence-corrected chi connectivity index (χ3v) is 4.70. The van der Waals surface area contributed by atoms with Gasteiger partial charge in [-0.25, -0.2) is 18.7 Å². The molecule has 0 aliphatic carbocycles. The Bertz CT molecular complexity index is 1020. The molecule has 0 unspecified atom stereocenters. The zero-order valence-electron chi connectivity index (χ0n) is 17.8. The quantitative estimate of drug-likeness (QED) is 0.544. The summed E-state index contributed by atoms with van der Waals surface area (Å²) in [5, 5.41) is 8.17. The first-order valence-corrected chi connectivity index (χ1v) is 9.83. The molecule has 3 heterocycles. The maximum atomic E-state index is 13.3. The summed E-state index contributed by atoms with van der Waals surface area (Å²) in [5.41, 5.74) is 0.906. The highest BCUT2D eigenvalue weighted by Gasteiger charge is 2.26. The fourth-order valence-electron chi connectivity index (χ4n) is 3.02. The number of aromatic nitrogens is 5. The van der Waals surface area contributed by atoms with E-state index in [2.05, 4.69) is 20.2 Å². The molecular formula is C21H24F2N6O2. The second kappa shape index (κ2) is 9.15. The molecule has 0 aliphatic heterocycles. The van der Waals surface area contributed by atoms with Crippen molar-refractivity contribution >= 4 is 5.91 Å². The molecule has 0 bridgehead atoms. The molecule has 0 saturated heterocycles. The minimum Gasteiger partial charge on any atom is -0.475 e. The van der Waals surface area contributed by atoms with Crippen LogP contribution in [-0.2, 0) is 5.92 Å². The number of carbonyl (C=O) groups is 1. The average Bonchev–Trinajstić information content (AvgIpc) is 3.27. The van der Waals surface area contributed by atoms with Gasteiger partial charge in [0.2, 0.25) is 5.88 Å². The van der Waals surface area contributed by atoms with Crippen molar-refractivity contribution in [1.29, 1.82) is 0 Å². The molecule has 8 nitrogen and oxygen atoms in total. The van der Waals surface area contributed by atoms with Gasteiger partial charge in [0.15, 0.2) is 5.82 Å². The summed E-state index contributed by atoms with van der Waals surface area (Å²) in [4.78, 5) is 24.6. The SMILES string of the molecule is CCN(C(=O)c1ccc(C)nc1-n1nccn1)[C@@H](C)COc1ccc(C(C)(F)F)cn1. The third kappa shape index (κ3) is 5.19. The maximum Gasteiger partial charge on any atom is 0.272 e. The van der Waals surface area contributed by atoms with Crippen LogP contribution in [0.25, 0.3) is 5.82 Å². The molecule has 0 spiro atoms. The Labute approximate surface area is 178 Å². The van der Waals surface area contributed by atoms with Gasteiger partial charge < -0.3 is 9.64 Å². The number of halogens is 2. The molecule has 1 atom stereocenters. The monoisotopic (exact) mass is 430 g/mol. The topological polar surface area (TPSA) is 86.0 Å². The van der Waals surface area contributed by atoms with Gasteiger partial charge in [0.05, 0.1) is 24.0 Å². The molecule has 0 aliphatic rings. The second-order valence-corrected chi connectivity index (χ2v) is 7.17. The smallest absolute Gasteiger partial charge is 0.272 e. The summed E-state index contributed by atoms with van der Waals surface area (Å²) in [7, 11) is 0. The highest BCUT2D eigenvalue weighted by molar-refractivity contribution is 5.97. The summed E-state index contributed by atoms with van der Waals surface area (Å²) < 4.78 is 32.3. The molecule has 0 fully saturated rings. The molecule has 3 aromatic heterocycles. The van der Waals surface area contributed by atoms with Gasteiger partial charge in [-0.05, 0) is 39.0 Å². The molecule has 0 radical (unpaired) electrons. The lowest BCUT2D eigenvalue weighted by Crippen LogP contribution is -2.42. The van der Waals surface area contributed by atoms with Crippen LogP contribution in [0.2, 0.25) is 0 Å². The number of hydrogen-bond donors (Lipinski definition) is 0. The number of alkyl halides is 2. The Morgan fingerprint density at radius 1 is 1.23 bits per heavy atom. The number of likely N-dealkylation sites (N-methyl/N-ethyl adjacent to an activating group) is 1. The van der Waals surface area contributed by atoms with Crippen LogP contribution in [0.3, 0.4) is 0 Å². The van der Waals surface area contributed by atoms with Crippen molar-refractivity contribution < 1.29 is 18.3 Å². The number of pyridine rings is 2. The largest absolute Gasteiger partial charge is 0.475 e. The lowest BCUT2D eigenvalue weighted by Gasteiger charge is -2.28. The number of carbonyl (C=O) groups excluding carboxylic acids is 1. The first-order chi connectivity index (χ1) is 14.7. The molecular weight excluding hydrogens is 406 g/mol. The Balaban J connectivity index is 1.74. The Morgan fingerprint density at radius 3 is 2.52 bits per heavy atom. The van der Waals surface area contributed by atoms with E-state index in [1.54, 1.807) is 17.0 Å². The predicted molar refractivity (Wildman–Crippen MR) is 109 cm³/mol. The van der Waals surface area contributed by atoms with Crippen LogP contribution in [0.1, 0.15) is 42.4 Å². The van der Waals surface area contributed by atoms with Crippen LogP contribution in [0, 0.1) is 6.92 Å². The zero-order chi connectivity index (χ0) is 22.6. The van der Waals surface area contributed by atoms with Gasteiger partial charge in [0.25, 0.3) is 11.8 Å². The molecule has 3 aromatic rings. The summed E-state index contributed by atoms with van der Waals surface area (Å²) in [5.74, 6) is -2.65. The van der Waals surface area contributed by atoms with Gasteiger partial charge >= 0.3 is 0 Å². The van der Waals surface area contributed by atoms with Crippen molar-refractivity contribution in [1.82, 2.24) is 29.9 Å². The van der Waals surface area contributed by atoms with Crippen molar-refractivity contribution in [2.24, 2.45) is 0 Å². The minimum atomic E-state index is -2.96. The lowest BCUT2D eigenvalue weighted by atomic mass is 10.1. The van der Waals surface area contributed by atoms with E-state index in [9.17, 15) is 13.6 Å². The molecule has 0 N–H and O–H groups in total. The van der Waals surface area contributed by atoms with E-state index in [0.717, 1.165) is 18.8 Å². The molecule has 31 heavy (non-hydrogen) atoms. The second-order valence-electron chi connectivity index (χ2n) is 7.17. The summed E-state index contributed by atoms with van der Waals surface area (Å²) in [6, 6.07) is 5.81. The molecule has 0 aromatic carbocycles. The van der Waals surface area contributed by atoms with Crippen molar-refractivity contribution in [2.45, 2.75) is 39.7 Å². The van der Waals surface area contributed by atoms with Crippen molar-refractivity contribution in [3.63, 3.8) is 0 Å². The molecule has 10 heteroatoms. The molecule has 0 saturated carbocycles. The van der Waals surface area contributed by atoms with Gasteiger partial charge in [-0.15, -0.1) is 4.80 Å². The summed E-state index contributed by atoms with van der Waals surface area (Å²) in [6.45, 7) is 6.90. The van der Waals surface area contributed by atoms with E-state index < -0.39 is 5.92 Å². The number of nitrogens with zero attached hydrogens (tertiary/aromatic N) is 6. The maximum absolute atomic E-state index is 13.3. The highest BCUT2D eigenvalue weighted by Crippen LogP contribution is 2.27. The first kappa shape index (κ1) is 22.3. The van der Waals surface area contributed by atoms with E-state index in [4.69, 9.17) is 4.74 Å². The van der Waals surface area contributed by atoms with E-state index >= 15 is 0 Å². The summed E-state index contributed by atoms with van der Waals surface area (Å²) in [6.07, 6.45) is 4.11. The van der Waals surface area contributed by atoms with E-state index in [1.807, 2.05) is 20.8 Å². The van der Waals surface area contributed by atoms with E-state index in [1.165, 1.54) is 29.3 Å². The third-order valence-electron chi connectivity index (χ3n) is 4.70. The van der Waals surface area contributed by atoms with E-state index in [0.29, 0.717) is 17.9 Å². The number of aryl methyl sites for hydroxylation is 1. The molecule has 1 amide bonds. The van der Waals surface area contributed by atoms with Crippen LogP contribution in [-0.4, -0.2) is 55.0 Å². The first-order valence-electron chi connectivity index (χ1n) is 9.83. The van der Waals surface area contributed by atoms with Crippen molar-refractivity contribution in [3.8, 4) is 11.7 Å². The van der Waals surface area contributed by atoms with Crippen LogP contribution in [0.15, 0.2) is 42.9 Å². The zero-order valence-corrected chi connectivity index (χ0v) is 17.8. The fraction of sp³-hybridized carbons (Fsp3) is 0.381. The van der Waals surface area contributed by atoms with Crippen LogP contribution >= 0.6 is 0 Å². The van der Waals surface area contributed by atoms with Crippen molar-refractivity contribution in [3.05, 3.63) is 59.7 Å². The van der Waals surface area contributed by atoms with Crippen LogP contribution < -0.4 is 4.74 Å². The minimum absolute atomic E-state index is 0.142. The van der Waals surface area contributed by atoms with Gasteiger partial charge in [0.1, 0.15) is 6.61 Å². The average molecular weight is 430 g/mol. The van der Waals surface area contributed by atoms with Crippen LogP contribution in [0.5, 0.6) is 5.88 Å². The number of amides is 1. The standard InChI is InChI=1S/C21H24F2N6O2/c1-5-28(15(3)13-31-18-9-7-16(12-24-18)21(4,22)23)20(30)17-8-6-14(2)27-19(17)29-25-10-11-26-29/h6-12,15H,5,13H2,1-4H3/t15-/m0/s1. The number of ether oxygens (including phenoxy) is 1. The lowest BCUT2D eigenvalue weighted by molar-refractivity contribution is 0.0169.